The number of benzene rings is 2. The number of anilines is 2. The molecule has 1 saturated heterocycles. The quantitative estimate of drug-likeness (QED) is 0.612. The van der Waals surface area contributed by atoms with Gasteiger partial charge in [-0.15, -0.1) is 10.2 Å². The van der Waals surface area contributed by atoms with Crippen LogP contribution in [0.5, 0.6) is 0 Å². The van der Waals surface area contributed by atoms with Gasteiger partial charge in [-0.25, -0.2) is 4.39 Å². The van der Waals surface area contributed by atoms with E-state index in [0.717, 1.165) is 6.42 Å². The van der Waals surface area contributed by atoms with E-state index in [9.17, 15) is 14.0 Å². The van der Waals surface area contributed by atoms with Gasteiger partial charge in [-0.1, -0.05) is 36.0 Å². The number of carbonyl (C=O) groups excluding carboxylic acids is 2. The average molecular weight is 425 g/mol. The zero-order chi connectivity index (χ0) is 21.1. The zero-order valence-electron chi connectivity index (χ0n) is 16.3. The molecule has 1 aromatic heterocycles. The van der Waals surface area contributed by atoms with E-state index in [1.807, 2.05) is 18.2 Å². The van der Waals surface area contributed by atoms with E-state index in [1.165, 1.54) is 17.8 Å². The fourth-order valence-electron chi connectivity index (χ4n) is 3.35. The molecule has 9 heteroatoms. The first-order chi connectivity index (χ1) is 14.5. The molecule has 0 aliphatic carbocycles. The van der Waals surface area contributed by atoms with E-state index in [-0.39, 0.29) is 23.4 Å². The van der Waals surface area contributed by atoms with Crippen molar-refractivity contribution >= 4 is 35.0 Å². The monoisotopic (exact) mass is 425 g/mol. The van der Waals surface area contributed by atoms with Gasteiger partial charge in [0.05, 0.1) is 22.7 Å². The summed E-state index contributed by atoms with van der Waals surface area (Å²) < 4.78 is 15.7. The summed E-state index contributed by atoms with van der Waals surface area (Å²) in [6.07, 6.45) is 1.34. The van der Waals surface area contributed by atoms with Crippen molar-refractivity contribution in [1.82, 2.24) is 14.8 Å². The first kappa shape index (κ1) is 20.1. The lowest BCUT2D eigenvalue weighted by Gasteiger charge is -2.19. The Morgan fingerprint density at radius 2 is 1.93 bits per heavy atom. The van der Waals surface area contributed by atoms with Crippen molar-refractivity contribution in [3.63, 3.8) is 0 Å². The Bertz CT molecular complexity index is 1100. The number of halogens is 1. The number of nitrogens with one attached hydrogen (secondary N) is 1. The molecule has 4 rings (SSSR count). The Labute approximate surface area is 177 Å². The summed E-state index contributed by atoms with van der Waals surface area (Å²) in [5, 5.41) is 11.5. The van der Waals surface area contributed by atoms with Crippen LogP contribution in [0.1, 0.15) is 12.8 Å². The highest BCUT2D eigenvalue weighted by Gasteiger charge is 2.24. The number of thioether (sulfide) groups is 1. The number of amides is 2. The second-order valence-electron chi connectivity index (χ2n) is 6.85. The Morgan fingerprint density at radius 1 is 1.17 bits per heavy atom. The van der Waals surface area contributed by atoms with E-state index >= 15 is 0 Å². The molecule has 1 fully saturated rings. The fraction of sp³-hybridized carbons (Fsp3) is 0.238. The van der Waals surface area contributed by atoms with Crippen LogP contribution >= 0.6 is 11.8 Å². The van der Waals surface area contributed by atoms with Crippen molar-refractivity contribution in [2.24, 2.45) is 7.05 Å². The Hall–Kier alpha value is -3.20. The molecule has 1 aliphatic heterocycles. The maximum Gasteiger partial charge on any atom is 0.234 e. The Morgan fingerprint density at radius 3 is 2.70 bits per heavy atom. The van der Waals surface area contributed by atoms with Crippen molar-refractivity contribution in [2.45, 2.75) is 18.0 Å². The topological polar surface area (TPSA) is 80.1 Å². The summed E-state index contributed by atoms with van der Waals surface area (Å²) >= 11 is 1.21. The maximum atomic E-state index is 14.0. The number of carbonyl (C=O) groups is 2. The molecule has 0 saturated carbocycles. The fourth-order valence-corrected chi connectivity index (χ4v) is 4.06. The molecule has 0 unspecified atom stereocenters. The number of rotatable bonds is 6. The highest BCUT2D eigenvalue weighted by molar-refractivity contribution is 7.99. The third kappa shape index (κ3) is 4.06. The largest absolute Gasteiger partial charge is 0.324 e. The highest BCUT2D eigenvalue weighted by Crippen LogP contribution is 2.30. The third-order valence-corrected chi connectivity index (χ3v) is 5.84. The van der Waals surface area contributed by atoms with Gasteiger partial charge in [0.2, 0.25) is 11.8 Å². The molecule has 2 amide bonds. The number of nitrogens with zero attached hydrogens (tertiary/aromatic N) is 4. The van der Waals surface area contributed by atoms with Gasteiger partial charge in [-0.05, 0) is 30.7 Å². The lowest BCUT2D eigenvalue weighted by atomic mass is 10.2. The molecule has 0 radical (unpaired) electrons. The minimum absolute atomic E-state index is 0.0610. The summed E-state index contributed by atoms with van der Waals surface area (Å²) in [6, 6.07) is 13.6. The van der Waals surface area contributed by atoms with E-state index in [2.05, 4.69) is 15.5 Å². The minimum Gasteiger partial charge on any atom is -0.324 e. The van der Waals surface area contributed by atoms with E-state index < -0.39 is 0 Å². The van der Waals surface area contributed by atoms with Crippen LogP contribution in [0.2, 0.25) is 0 Å². The Kier molecular flexibility index (Phi) is 5.80. The van der Waals surface area contributed by atoms with Crippen molar-refractivity contribution in [3.05, 3.63) is 54.3 Å². The van der Waals surface area contributed by atoms with Crippen LogP contribution in [-0.4, -0.2) is 38.9 Å². The molecule has 30 heavy (non-hydrogen) atoms. The van der Waals surface area contributed by atoms with Gasteiger partial charge in [-0.2, -0.15) is 0 Å². The molecular formula is C21H20FN5O2S. The SMILES string of the molecule is Cn1c(SCC(=O)Nc2ccccc2N2CCCC2=O)nnc1-c1ccccc1F. The van der Waals surface area contributed by atoms with Crippen LogP contribution in [0.25, 0.3) is 11.4 Å². The number of aromatic nitrogens is 3. The number of hydrogen-bond donors (Lipinski definition) is 1. The standard InChI is InChI=1S/C21H20FN5O2S/c1-26-20(14-7-2-3-8-15(14)22)24-25-21(26)30-13-18(28)23-16-9-4-5-10-17(16)27-12-6-11-19(27)29/h2-5,7-10H,6,11-13H2,1H3,(H,23,28). The van der Waals surface area contributed by atoms with Crippen LogP contribution in [0.4, 0.5) is 15.8 Å². The highest BCUT2D eigenvalue weighted by atomic mass is 32.2. The smallest absolute Gasteiger partial charge is 0.234 e. The van der Waals surface area contributed by atoms with E-state index in [0.29, 0.717) is 40.9 Å². The second kappa shape index (κ2) is 8.66. The molecule has 2 heterocycles. The van der Waals surface area contributed by atoms with E-state index in [1.54, 1.807) is 40.8 Å². The number of para-hydroxylation sites is 2. The van der Waals surface area contributed by atoms with Crippen molar-refractivity contribution in [3.8, 4) is 11.4 Å². The van der Waals surface area contributed by atoms with Gasteiger partial charge < -0.3 is 14.8 Å². The van der Waals surface area contributed by atoms with Crippen LogP contribution in [-0.2, 0) is 16.6 Å². The third-order valence-electron chi connectivity index (χ3n) is 4.82. The summed E-state index contributed by atoms with van der Waals surface area (Å²) in [6.45, 7) is 0.651. The molecule has 154 valence electrons. The second-order valence-corrected chi connectivity index (χ2v) is 7.79. The molecule has 3 aromatic rings. The minimum atomic E-state index is -0.379. The van der Waals surface area contributed by atoms with Gasteiger partial charge in [0.1, 0.15) is 5.82 Å². The van der Waals surface area contributed by atoms with Crippen molar-refractivity contribution < 1.29 is 14.0 Å². The average Bonchev–Trinajstić information content (AvgIpc) is 3.33. The van der Waals surface area contributed by atoms with Gasteiger partial charge in [0.25, 0.3) is 0 Å². The van der Waals surface area contributed by atoms with E-state index in [4.69, 9.17) is 0 Å². The molecule has 0 atom stereocenters. The van der Waals surface area contributed by atoms with Crippen LogP contribution in [0.3, 0.4) is 0 Å². The molecule has 1 aliphatic rings. The molecular weight excluding hydrogens is 405 g/mol. The van der Waals surface area contributed by atoms with Crippen LogP contribution in [0.15, 0.2) is 53.7 Å². The molecule has 7 nitrogen and oxygen atoms in total. The van der Waals surface area contributed by atoms with Gasteiger partial charge in [0.15, 0.2) is 11.0 Å². The lowest BCUT2D eigenvalue weighted by Crippen LogP contribution is -2.26. The van der Waals surface area contributed by atoms with Gasteiger partial charge in [0, 0.05) is 20.0 Å². The molecule has 2 aromatic carbocycles. The molecule has 1 N–H and O–H groups in total. The first-order valence-corrected chi connectivity index (χ1v) is 10.5. The summed E-state index contributed by atoms with van der Waals surface area (Å²) in [5.74, 6) is -0.0458. The van der Waals surface area contributed by atoms with Crippen LogP contribution in [0, 0.1) is 5.82 Å². The first-order valence-electron chi connectivity index (χ1n) is 9.51. The van der Waals surface area contributed by atoms with Crippen molar-refractivity contribution in [2.75, 3.05) is 22.5 Å². The molecule has 0 bridgehead atoms. The predicted octanol–water partition coefficient (Wildman–Crippen LogP) is 3.48. The summed E-state index contributed by atoms with van der Waals surface area (Å²) in [5.41, 5.74) is 1.66. The van der Waals surface area contributed by atoms with Crippen LogP contribution < -0.4 is 10.2 Å². The molecule has 0 spiro atoms. The summed E-state index contributed by atoms with van der Waals surface area (Å²) in [7, 11) is 1.73. The maximum absolute atomic E-state index is 14.0. The van der Waals surface area contributed by atoms with Gasteiger partial charge in [-0.3, -0.25) is 9.59 Å². The zero-order valence-corrected chi connectivity index (χ0v) is 17.2. The predicted molar refractivity (Wildman–Crippen MR) is 114 cm³/mol. The normalized spacial score (nSPS) is 13.7. The van der Waals surface area contributed by atoms with Gasteiger partial charge >= 0.3 is 0 Å². The summed E-state index contributed by atoms with van der Waals surface area (Å²) in [4.78, 5) is 26.3. The number of hydrogen-bond acceptors (Lipinski definition) is 5. The van der Waals surface area contributed by atoms with Crippen molar-refractivity contribution in [1.29, 1.82) is 0 Å². The Balaban J connectivity index is 1.43. The lowest BCUT2D eigenvalue weighted by molar-refractivity contribution is -0.117.